The van der Waals surface area contributed by atoms with E-state index in [1.807, 2.05) is 24.3 Å². The van der Waals surface area contributed by atoms with Gasteiger partial charge in [0.05, 0.1) is 5.75 Å². The summed E-state index contributed by atoms with van der Waals surface area (Å²) in [6.45, 7) is 0. The summed E-state index contributed by atoms with van der Waals surface area (Å²) in [5, 5.41) is 13.5. The molecule has 0 amide bonds. The Balaban J connectivity index is 2.22. The molecule has 94 valence electrons. The molecular formula is C11H10BrN3O2S. The summed E-state index contributed by atoms with van der Waals surface area (Å²) in [4.78, 5) is 14.8. The molecule has 0 radical (unpaired) electrons. The van der Waals surface area contributed by atoms with E-state index in [0.29, 0.717) is 11.0 Å². The van der Waals surface area contributed by atoms with Gasteiger partial charge in [-0.15, -0.1) is 0 Å². The highest BCUT2D eigenvalue weighted by molar-refractivity contribution is 9.10. The summed E-state index contributed by atoms with van der Waals surface area (Å²) in [5.74, 6) is -0.294. The Labute approximate surface area is 116 Å². The molecular weight excluding hydrogens is 318 g/mol. The van der Waals surface area contributed by atoms with Gasteiger partial charge in [0.1, 0.15) is 0 Å². The van der Waals surface area contributed by atoms with Crippen molar-refractivity contribution in [2.75, 3.05) is 5.75 Å². The first-order chi connectivity index (χ1) is 8.56. The maximum Gasteiger partial charge on any atom is 0.313 e. The largest absolute Gasteiger partial charge is 0.481 e. The monoisotopic (exact) mass is 327 g/mol. The number of halogens is 1. The van der Waals surface area contributed by atoms with Crippen LogP contribution in [0.4, 0.5) is 0 Å². The summed E-state index contributed by atoms with van der Waals surface area (Å²) < 4.78 is 2.58. The molecule has 0 unspecified atom stereocenters. The number of rotatable bonds is 4. The lowest BCUT2D eigenvalue weighted by molar-refractivity contribution is -0.133. The average Bonchev–Trinajstić information content (AvgIpc) is 2.69. The molecule has 5 nitrogen and oxygen atoms in total. The van der Waals surface area contributed by atoms with Crippen LogP contribution < -0.4 is 0 Å². The molecule has 0 aliphatic rings. The molecule has 0 spiro atoms. The molecule has 18 heavy (non-hydrogen) atoms. The van der Waals surface area contributed by atoms with Gasteiger partial charge >= 0.3 is 5.97 Å². The number of thioether (sulfide) groups is 1. The minimum atomic E-state index is -0.867. The summed E-state index contributed by atoms with van der Waals surface area (Å²) in [6.07, 6.45) is 0. The van der Waals surface area contributed by atoms with Crippen molar-refractivity contribution in [3.63, 3.8) is 0 Å². The van der Waals surface area contributed by atoms with Gasteiger partial charge < -0.3 is 5.11 Å². The fourth-order valence-corrected chi connectivity index (χ4v) is 2.24. The molecule has 7 heteroatoms. The van der Waals surface area contributed by atoms with Crippen LogP contribution in [0.5, 0.6) is 0 Å². The maximum atomic E-state index is 10.5. The van der Waals surface area contributed by atoms with Crippen LogP contribution in [0.3, 0.4) is 0 Å². The molecule has 0 saturated heterocycles. The fraction of sp³-hybridized carbons (Fsp3) is 0.182. The van der Waals surface area contributed by atoms with E-state index in [4.69, 9.17) is 5.11 Å². The van der Waals surface area contributed by atoms with Gasteiger partial charge in [-0.2, -0.15) is 5.10 Å². The number of aromatic nitrogens is 3. The number of hydrogen-bond acceptors (Lipinski definition) is 4. The predicted octanol–water partition coefficient (Wildman–Crippen LogP) is 2.42. The van der Waals surface area contributed by atoms with Crippen molar-refractivity contribution >= 4 is 33.7 Å². The Morgan fingerprint density at radius 3 is 2.72 bits per heavy atom. The summed E-state index contributed by atoms with van der Waals surface area (Å²) in [5.41, 5.74) is 0.899. The molecule has 0 fully saturated rings. The zero-order valence-corrected chi connectivity index (χ0v) is 11.9. The Kier molecular flexibility index (Phi) is 4.03. The standard InChI is InChI=1S/C11H10BrN3O2S/c1-15-11(18-6-9(16)17)13-10(14-15)7-2-4-8(12)5-3-7/h2-5H,6H2,1H3,(H,16,17). The average molecular weight is 328 g/mol. The Hall–Kier alpha value is -1.34. The van der Waals surface area contributed by atoms with Crippen molar-refractivity contribution < 1.29 is 9.90 Å². The number of aryl methyl sites for hydroxylation is 1. The van der Waals surface area contributed by atoms with Gasteiger partial charge in [0.2, 0.25) is 0 Å². The Morgan fingerprint density at radius 1 is 1.44 bits per heavy atom. The number of carbonyl (C=O) groups is 1. The van der Waals surface area contributed by atoms with Crippen LogP contribution in [-0.2, 0) is 11.8 Å². The number of carboxylic acids is 1. The van der Waals surface area contributed by atoms with E-state index in [0.717, 1.165) is 21.8 Å². The van der Waals surface area contributed by atoms with Crippen LogP contribution in [0.2, 0.25) is 0 Å². The SMILES string of the molecule is Cn1nc(-c2ccc(Br)cc2)nc1SCC(=O)O. The lowest BCUT2D eigenvalue weighted by atomic mass is 10.2. The first-order valence-corrected chi connectivity index (χ1v) is 6.85. The number of carboxylic acid groups (broad SMARTS) is 1. The molecule has 0 aliphatic heterocycles. The van der Waals surface area contributed by atoms with E-state index in [1.165, 1.54) is 0 Å². The molecule has 1 heterocycles. The molecule has 1 aromatic heterocycles. The van der Waals surface area contributed by atoms with E-state index in [-0.39, 0.29) is 5.75 Å². The topological polar surface area (TPSA) is 68.0 Å². The summed E-state index contributed by atoms with van der Waals surface area (Å²) >= 11 is 4.52. The first kappa shape index (κ1) is 13.1. The van der Waals surface area contributed by atoms with Crippen LogP contribution in [0.25, 0.3) is 11.4 Å². The van der Waals surface area contributed by atoms with Gasteiger partial charge in [-0.1, -0.05) is 39.8 Å². The van der Waals surface area contributed by atoms with Gasteiger partial charge in [0.25, 0.3) is 0 Å². The Bertz CT molecular complexity index is 568. The maximum absolute atomic E-state index is 10.5. The normalized spacial score (nSPS) is 10.6. The molecule has 0 saturated carbocycles. The molecule has 2 aromatic rings. The van der Waals surface area contributed by atoms with Crippen molar-refractivity contribution in [2.45, 2.75) is 5.16 Å². The second kappa shape index (κ2) is 5.53. The van der Waals surface area contributed by atoms with Crippen LogP contribution in [0, 0.1) is 0 Å². The highest BCUT2D eigenvalue weighted by Crippen LogP contribution is 2.22. The van der Waals surface area contributed by atoms with E-state index in [1.54, 1.807) is 11.7 Å². The second-order valence-corrected chi connectivity index (χ2v) is 5.39. The van der Waals surface area contributed by atoms with Crippen molar-refractivity contribution in [1.82, 2.24) is 14.8 Å². The second-order valence-electron chi connectivity index (χ2n) is 3.53. The van der Waals surface area contributed by atoms with Crippen molar-refractivity contribution in [3.8, 4) is 11.4 Å². The zero-order valence-electron chi connectivity index (χ0n) is 9.50. The van der Waals surface area contributed by atoms with Gasteiger partial charge in [0.15, 0.2) is 11.0 Å². The first-order valence-electron chi connectivity index (χ1n) is 5.08. The van der Waals surface area contributed by atoms with Crippen LogP contribution in [-0.4, -0.2) is 31.6 Å². The number of aliphatic carboxylic acids is 1. The van der Waals surface area contributed by atoms with E-state index in [9.17, 15) is 4.79 Å². The van der Waals surface area contributed by atoms with Crippen LogP contribution in [0.15, 0.2) is 33.9 Å². The smallest absolute Gasteiger partial charge is 0.313 e. The van der Waals surface area contributed by atoms with Crippen LogP contribution >= 0.6 is 27.7 Å². The zero-order chi connectivity index (χ0) is 13.1. The van der Waals surface area contributed by atoms with Crippen molar-refractivity contribution in [1.29, 1.82) is 0 Å². The third-order valence-corrected chi connectivity index (χ3v) is 3.68. The predicted molar refractivity (Wildman–Crippen MR) is 72.5 cm³/mol. The fourth-order valence-electron chi connectivity index (χ4n) is 1.34. The minimum absolute atomic E-state index is 0.0215. The summed E-state index contributed by atoms with van der Waals surface area (Å²) in [6, 6.07) is 7.64. The van der Waals surface area contributed by atoms with E-state index in [2.05, 4.69) is 26.0 Å². The third-order valence-electron chi connectivity index (χ3n) is 2.15. The number of benzene rings is 1. The molecule has 1 aromatic carbocycles. The number of hydrogen-bond donors (Lipinski definition) is 1. The summed E-state index contributed by atoms with van der Waals surface area (Å²) in [7, 11) is 1.75. The highest BCUT2D eigenvalue weighted by atomic mass is 79.9. The van der Waals surface area contributed by atoms with Gasteiger partial charge in [-0.25, -0.2) is 9.67 Å². The minimum Gasteiger partial charge on any atom is -0.481 e. The lowest BCUT2D eigenvalue weighted by Gasteiger charge is -1.94. The Morgan fingerprint density at radius 2 is 2.11 bits per heavy atom. The lowest BCUT2D eigenvalue weighted by Crippen LogP contribution is -2.00. The third kappa shape index (κ3) is 3.11. The molecule has 0 atom stereocenters. The van der Waals surface area contributed by atoms with E-state index >= 15 is 0 Å². The quantitative estimate of drug-likeness (QED) is 0.873. The van der Waals surface area contributed by atoms with Gasteiger partial charge in [-0.3, -0.25) is 4.79 Å². The van der Waals surface area contributed by atoms with Gasteiger partial charge in [0, 0.05) is 17.1 Å². The molecule has 0 bridgehead atoms. The molecule has 2 rings (SSSR count). The van der Waals surface area contributed by atoms with E-state index < -0.39 is 5.97 Å². The number of nitrogens with zero attached hydrogens (tertiary/aromatic N) is 3. The molecule has 0 aliphatic carbocycles. The molecule has 1 N–H and O–H groups in total. The van der Waals surface area contributed by atoms with Crippen LogP contribution in [0.1, 0.15) is 0 Å². The highest BCUT2D eigenvalue weighted by Gasteiger charge is 2.11. The van der Waals surface area contributed by atoms with Crippen molar-refractivity contribution in [3.05, 3.63) is 28.7 Å². The van der Waals surface area contributed by atoms with Crippen molar-refractivity contribution in [2.24, 2.45) is 7.05 Å². The van der Waals surface area contributed by atoms with Gasteiger partial charge in [-0.05, 0) is 12.1 Å².